The number of rotatable bonds is 11. The van der Waals surface area contributed by atoms with Crippen LogP contribution in [0.5, 0.6) is 5.88 Å². The van der Waals surface area contributed by atoms with E-state index in [2.05, 4.69) is 70.6 Å². The fourth-order valence-corrected chi connectivity index (χ4v) is 19.0. The van der Waals surface area contributed by atoms with Gasteiger partial charge in [0.2, 0.25) is 5.88 Å². The minimum atomic E-state index is -3.06. The minimum Gasteiger partial charge on any atom is -0.481 e. The Bertz CT molecular complexity index is 2100. The van der Waals surface area contributed by atoms with Crippen LogP contribution in [0, 0.1) is 68.5 Å². The number of aliphatic hydroxyl groups is 1. The predicted octanol–water partition coefficient (Wildman–Crippen LogP) is 10.1. The number of carbonyl (C=O) groups is 1. The molecule has 0 amide bonds. The fourth-order valence-electron chi connectivity index (χ4n) is 17.2. The fraction of sp³-hybridized carbons (Fsp3) is 0.769. The van der Waals surface area contributed by atoms with Gasteiger partial charge in [-0.1, -0.05) is 65.0 Å². The van der Waals surface area contributed by atoms with E-state index in [0.717, 1.165) is 25.8 Å². The summed E-state index contributed by atoms with van der Waals surface area (Å²) < 4.78 is 30.8. The van der Waals surface area contributed by atoms with E-state index in [0.29, 0.717) is 67.6 Å². The molecule has 3 unspecified atom stereocenters. The van der Waals surface area contributed by atoms with Gasteiger partial charge in [-0.05, 0) is 196 Å². The first-order chi connectivity index (χ1) is 28.6. The van der Waals surface area contributed by atoms with Crippen molar-refractivity contribution in [3.05, 3.63) is 59.8 Å². The van der Waals surface area contributed by atoms with Crippen molar-refractivity contribution in [1.29, 1.82) is 0 Å². The van der Waals surface area contributed by atoms with Crippen LogP contribution < -0.4 is 10.1 Å². The van der Waals surface area contributed by atoms with Crippen LogP contribution in [0.15, 0.2) is 59.8 Å². The first kappa shape index (κ1) is 43.7. The maximum absolute atomic E-state index is 12.7. The molecule has 14 atom stereocenters. The number of carboxylic acid groups (broad SMARTS) is 1. The number of hydrogen-bond acceptors (Lipinski definition) is 7. The summed E-state index contributed by atoms with van der Waals surface area (Å²) in [6.45, 7) is 20.9. The van der Waals surface area contributed by atoms with Gasteiger partial charge in [-0.15, -0.1) is 0 Å². The van der Waals surface area contributed by atoms with Crippen molar-refractivity contribution in [2.24, 2.45) is 68.5 Å². The molecule has 0 aliphatic heterocycles. The summed E-state index contributed by atoms with van der Waals surface area (Å²) in [4.78, 5) is 17.0. The average molecular weight is 857 g/mol. The number of nitrogens with one attached hydrogen (secondary N) is 1. The van der Waals surface area contributed by atoms with Gasteiger partial charge < -0.3 is 20.3 Å². The van der Waals surface area contributed by atoms with Crippen LogP contribution in [0.3, 0.4) is 0 Å². The maximum atomic E-state index is 12.7. The smallest absolute Gasteiger partial charge is 0.313 e. The summed E-state index contributed by atoms with van der Waals surface area (Å²) in [5.74, 6) is 2.91. The Morgan fingerprint density at radius 2 is 1.70 bits per heavy atom. The molecular formula is C52H76N2O6S. The number of nitrogens with zero attached hydrogens (tertiary/aromatic N) is 1. The van der Waals surface area contributed by atoms with Crippen LogP contribution in [0.2, 0.25) is 0 Å². The molecule has 6 saturated carbocycles. The Kier molecular flexibility index (Phi) is 10.6. The second kappa shape index (κ2) is 14.8. The topological polar surface area (TPSA) is 126 Å². The van der Waals surface area contributed by atoms with Crippen molar-refractivity contribution in [3.8, 4) is 5.88 Å². The van der Waals surface area contributed by atoms with Gasteiger partial charge in [0.25, 0.3) is 0 Å². The van der Waals surface area contributed by atoms with Crippen molar-refractivity contribution in [2.45, 2.75) is 161 Å². The molecule has 6 fully saturated rings. The first-order valence-electron chi connectivity index (χ1n) is 24.1. The molecule has 8 nitrogen and oxygen atoms in total. The highest BCUT2D eigenvalue weighted by atomic mass is 32.2. The summed E-state index contributed by atoms with van der Waals surface area (Å²) >= 11 is 0. The number of sulfone groups is 1. The van der Waals surface area contributed by atoms with Crippen molar-refractivity contribution < 1.29 is 28.2 Å². The zero-order chi connectivity index (χ0) is 43.6. The molecule has 1 heterocycles. The van der Waals surface area contributed by atoms with Gasteiger partial charge in [0.05, 0.1) is 10.9 Å². The van der Waals surface area contributed by atoms with Gasteiger partial charge in [0.1, 0.15) is 12.0 Å². The molecule has 1 aromatic heterocycles. The molecule has 8 aliphatic carbocycles. The molecule has 0 radical (unpaired) electrons. The van der Waals surface area contributed by atoms with Gasteiger partial charge in [-0.2, -0.15) is 0 Å². The number of allylic oxidation sites excluding steroid dienone is 5. The molecule has 0 aromatic carbocycles. The van der Waals surface area contributed by atoms with Crippen molar-refractivity contribution in [2.75, 3.05) is 19.4 Å². The van der Waals surface area contributed by atoms with E-state index in [1.807, 2.05) is 12.1 Å². The zero-order valence-electron chi connectivity index (χ0n) is 38.4. The lowest BCUT2D eigenvalue weighted by Crippen LogP contribution is -2.68. The molecule has 0 bridgehead atoms. The summed E-state index contributed by atoms with van der Waals surface area (Å²) in [5, 5.41) is 26.2. The third-order valence-corrected chi connectivity index (χ3v) is 22.3. The first-order valence-corrected chi connectivity index (χ1v) is 26.1. The molecule has 3 N–H and O–H groups in total. The summed E-state index contributed by atoms with van der Waals surface area (Å²) in [6.07, 6.45) is 23.4. The Hall–Kier alpha value is -2.49. The van der Waals surface area contributed by atoms with E-state index in [9.17, 15) is 23.4 Å². The van der Waals surface area contributed by atoms with E-state index in [1.54, 1.807) is 12.3 Å². The number of pyridine rings is 1. The van der Waals surface area contributed by atoms with Crippen molar-refractivity contribution in [1.82, 2.24) is 10.3 Å². The van der Waals surface area contributed by atoms with E-state index < -0.39 is 26.8 Å². The lowest BCUT2D eigenvalue weighted by atomic mass is 9.33. The summed E-state index contributed by atoms with van der Waals surface area (Å²) in [7, 11) is -3.06. The zero-order valence-corrected chi connectivity index (χ0v) is 39.2. The molecule has 9 rings (SSSR count). The highest BCUT2D eigenvalue weighted by Crippen LogP contribution is 2.76. The SMILES string of the molecule is C=C(C)[C@@H]1CC[C@]2(NCC[C@]3(O)CC[C@@H]4C(C3)C4S(C)(=O)=O)CC[C@]3(C)[C@H](CC[C@@H]4[C@@]5(C)CC=C(C6=CCC(COc7ccccn7)(C(=O)O)CC6)C(C)(C)[C@@H]5CC[C@]43C)[C@@H]12. The Balaban J connectivity index is 0.923. The van der Waals surface area contributed by atoms with E-state index in [1.165, 1.54) is 74.3 Å². The number of hydrogen-bond donors (Lipinski definition) is 3. The van der Waals surface area contributed by atoms with Crippen molar-refractivity contribution in [3.63, 3.8) is 0 Å². The van der Waals surface area contributed by atoms with Crippen LogP contribution in [0.25, 0.3) is 0 Å². The van der Waals surface area contributed by atoms with Crippen LogP contribution in [-0.2, 0) is 14.6 Å². The third-order valence-electron chi connectivity index (χ3n) is 20.6. The van der Waals surface area contributed by atoms with Crippen LogP contribution >= 0.6 is 0 Å². The van der Waals surface area contributed by atoms with Crippen molar-refractivity contribution >= 4 is 15.8 Å². The van der Waals surface area contributed by atoms with Gasteiger partial charge in [0, 0.05) is 24.1 Å². The molecule has 336 valence electrons. The number of ether oxygens (including phenoxy) is 1. The van der Waals surface area contributed by atoms with Crippen LogP contribution in [-0.4, -0.2) is 65.4 Å². The van der Waals surface area contributed by atoms with Gasteiger partial charge in [-0.3, -0.25) is 4.79 Å². The Morgan fingerprint density at radius 1 is 0.918 bits per heavy atom. The molecule has 1 aromatic rings. The summed E-state index contributed by atoms with van der Waals surface area (Å²) in [5.41, 5.74) is 3.09. The molecular weight excluding hydrogens is 781 g/mol. The molecule has 8 aliphatic rings. The lowest BCUT2D eigenvalue weighted by Gasteiger charge is -2.72. The highest BCUT2D eigenvalue weighted by Gasteiger charge is 2.71. The van der Waals surface area contributed by atoms with E-state index >= 15 is 0 Å². The van der Waals surface area contributed by atoms with Gasteiger partial charge in [-0.25, -0.2) is 13.4 Å². The molecule has 61 heavy (non-hydrogen) atoms. The number of fused-ring (bicyclic) bond motifs is 8. The normalized spacial score (nSPS) is 46.0. The largest absolute Gasteiger partial charge is 0.481 e. The monoisotopic (exact) mass is 857 g/mol. The standard InChI is InChI=1S/C52H76N2O6S/c1-33(2)35-17-25-52(54-30-28-51(57)24-16-36-37(31-51)44(36)61(8,58)59)27-26-48(6)39(43(35)52)12-13-41-47(5)20-18-38(46(3,4)40(47)19-21-49(41,48)7)34-14-22-50(23-15-34,45(55)56)32-60-42-11-9-10-29-53-42/h9-11,14,18,29,35-37,39-41,43-44,54,57H,1,12-13,15-17,19-28,30-32H2,2-8H3,(H,55,56)/t35-,36+,37?,39+,40-,41+,43+,44?,47-,48+,49+,50?,51+,52-/m0/s1. The quantitative estimate of drug-likeness (QED) is 0.188. The number of aromatic nitrogens is 1. The Morgan fingerprint density at radius 3 is 2.38 bits per heavy atom. The second-order valence-corrected chi connectivity index (χ2v) is 25.8. The number of aliphatic carboxylic acids is 1. The molecule has 9 heteroatoms. The summed E-state index contributed by atoms with van der Waals surface area (Å²) in [6, 6.07) is 5.49. The minimum absolute atomic E-state index is 0.0116. The third kappa shape index (κ3) is 6.79. The molecule has 0 spiro atoms. The predicted molar refractivity (Wildman–Crippen MR) is 242 cm³/mol. The van der Waals surface area contributed by atoms with Crippen LogP contribution in [0.4, 0.5) is 0 Å². The van der Waals surface area contributed by atoms with E-state index in [4.69, 9.17) is 4.74 Å². The highest BCUT2D eigenvalue weighted by molar-refractivity contribution is 7.91. The van der Waals surface area contributed by atoms with Gasteiger partial charge in [0.15, 0.2) is 9.84 Å². The Labute approximate surface area is 367 Å². The van der Waals surface area contributed by atoms with Crippen LogP contribution in [0.1, 0.15) is 144 Å². The maximum Gasteiger partial charge on any atom is 0.313 e. The average Bonchev–Trinajstić information content (AvgIpc) is 3.80. The number of carboxylic acids is 1. The second-order valence-electron chi connectivity index (χ2n) is 23.6. The van der Waals surface area contributed by atoms with Gasteiger partial charge >= 0.3 is 5.97 Å². The lowest BCUT2D eigenvalue weighted by molar-refractivity contribution is -0.221. The molecule has 0 saturated heterocycles. The van der Waals surface area contributed by atoms with E-state index in [-0.39, 0.29) is 50.9 Å².